The molecule has 0 bridgehead atoms. The predicted octanol–water partition coefficient (Wildman–Crippen LogP) is 3.86. The Bertz CT molecular complexity index is 442. The van der Waals surface area contributed by atoms with Gasteiger partial charge in [0.2, 0.25) is 0 Å². The SMILES string of the molecule is C[C@H](C(=O)OCC[Si](C)(C)C)C(N)c1ccc(Cl)cc1. The smallest absolute Gasteiger partial charge is 0.310 e. The first kappa shape index (κ1) is 17.2. The zero-order valence-corrected chi connectivity index (χ0v) is 14.4. The quantitative estimate of drug-likeness (QED) is 0.641. The number of hydrogen-bond acceptors (Lipinski definition) is 3. The molecule has 1 unspecified atom stereocenters. The molecule has 0 aromatic heterocycles. The summed E-state index contributed by atoms with van der Waals surface area (Å²) >= 11 is 5.84. The number of ether oxygens (including phenoxy) is 1. The third-order valence-electron chi connectivity index (χ3n) is 3.26. The Morgan fingerprint density at radius 1 is 1.30 bits per heavy atom. The van der Waals surface area contributed by atoms with Crippen LogP contribution < -0.4 is 5.73 Å². The van der Waals surface area contributed by atoms with Crippen LogP contribution in [-0.4, -0.2) is 20.7 Å². The Kier molecular flexibility index (Phi) is 6.24. The lowest BCUT2D eigenvalue weighted by Gasteiger charge is -2.21. The maximum Gasteiger partial charge on any atom is 0.310 e. The molecule has 0 aliphatic carbocycles. The largest absolute Gasteiger partial charge is 0.466 e. The molecule has 20 heavy (non-hydrogen) atoms. The predicted molar refractivity (Wildman–Crippen MR) is 86.7 cm³/mol. The van der Waals surface area contributed by atoms with E-state index in [-0.39, 0.29) is 17.9 Å². The molecule has 0 saturated carbocycles. The normalized spacial score (nSPS) is 14.7. The van der Waals surface area contributed by atoms with E-state index in [0.717, 1.165) is 11.6 Å². The van der Waals surface area contributed by atoms with Gasteiger partial charge in [-0.2, -0.15) is 0 Å². The van der Waals surface area contributed by atoms with E-state index in [1.54, 1.807) is 19.1 Å². The molecule has 3 nitrogen and oxygen atoms in total. The summed E-state index contributed by atoms with van der Waals surface area (Å²) in [6.45, 7) is 9.06. The number of benzene rings is 1. The number of rotatable bonds is 6. The van der Waals surface area contributed by atoms with E-state index in [1.165, 1.54) is 0 Å². The highest BCUT2D eigenvalue weighted by atomic mass is 35.5. The van der Waals surface area contributed by atoms with Crippen LogP contribution in [0, 0.1) is 5.92 Å². The van der Waals surface area contributed by atoms with Gasteiger partial charge in [0.15, 0.2) is 0 Å². The zero-order valence-electron chi connectivity index (χ0n) is 12.7. The maximum atomic E-state index is 12.0. The van der Waals surface area contributed by atoms with E-state index < -0.39 is 8.07 Å². The maximum absolute atomic E-state index is 12.0. The summed E-state index contributed by atoms with van der Waals surface area (Å²) in [5, 5.41) is 0.659. The van der Waals surface area contributed by atoms with Gasteiger partial charge in [-0.05, 0) is 23.7 Å². The lowest BCUT2D eigenvalue weighted by Crippen LogP contribution is -2.29. The standard InChI is InChI=1S/C15H24ClNO2Si/c1-11(15(18)19-9-10-20(2,3)4)14(17)12-5-7-13(16)8-6-12/h5-8,11,14H,9-10,17H2,1-4H3/t11-,14?/m0/s1. The summed E-state index contributed by atoms with van der Waals surface area (Å²) < 4.78 is 5.34. The van der Waals surface area contributed by atoms with Crippen molar-refractivity contribution in [2.24, 2.45) is 11.7 Å². The summed E-state index contributed by atoms with van der Waals surface area (Å²) in [5.74, 6) is -0.594. The summed E-state index contributed by atoms with van der Waals surface area (Å²) in [4.78, 5) is 12.0. The number of esters is 1. The van der Waals surface area contributed by atoms with Gasteiger partial charge in [-0.3, -0.25) is 4.79 Å². The molecule has 0 aliphatic heterocycles. The van der Waals surface area contributed by atoms with Crippen LogP contribution in [0.15, 0.2) is 24.3 Å². The van der Waals surface area contributed by atoms with Crippen LogP contribution >= 0.6 is 11.6 Å². The van der Waals surface area contributed by atoms with Crippen molar-refractivity contribution in [3.8, 4) is 0 Å². The number of halogens is 1. The molecule has 0 saturated heterocycles. The fourth-order valence-electron chi connectivity index (χ4n) is 1.71. The second-order valence-corrected chi connectivity index (χ2v) is 12.4. The molecule has 0 spiro atoms. The third-order valence-corrected chi connectivity index (χ3v) is 5.22. The van der Waals surface area contributed by atoms with E-state index in [2.05, 4.69) is 19.6 Å². The summed E-state index contributed by atoms with van der Waals surface area (Å²) in [6.07, 6.45) is 0. The van der Waals surface area contributed by atoms with Crippen LogP contribution in [0.5, 0.6) is 0 Å². The molecule has 0 aliphatic rings. The number of nitrogens with two attached hydrogens (primary N) is 1. The summed E-state index contributed by atoms with van der Waals surface area (Å²) in [7, 11) is -1.18. The molecule has 5 heteroatoms. The Hall–Kier alpha value is -0.843. The highest BCUT2D eigenvalue weighted by Gasteiger charge is 2.24. The number of carbonyl (C=O) groups is 1. The first-order chi connectivity index (χ1) is 9.20. The fraction of sp³-hybridized carbons (Fsp3) is 0.533. The van der Waals surface area contributed by atoms with E-state index >= 15 is 0 Å². The molecule has 2 atom stereocenters. The number of hydrogen-bond donors (Lipinski definition) is 1. The van der Waals surface area contributed by atoms with Crippen molar-refractivity contribution in [1.82, 2.24) is 0 Å². The molecule has 0 fully saturated rings. The van der Waals surface area contributed by atoms with Crippen molar-refractivity contribution < 1.29 is 9.53 Å². The van der Waals surface area contributed by atoms with Crippen molar-refractivity contribution in [3.05, 3.63) is 34.9 Å². The van der Waals surface area contributed by atoms with Gasteiger partial charge in [-0.15, -0.1) is 0 Å². The highest BCUT2D eigenvalue weighted by molar-refractivity contribution is 6.76. The summed E-state index contributed by atoms with van der Waals surface area (Å²) in [6, 6.07) is 7.85. The van der Waals surface area contributed by atoms with Crippen LogP contribution in [0.25, 0.3) is 0 Å². The second kappa shape index (κ2) is 7.25. The Morgan fingerprint density at radius 2 is 1.85 bits per heavy atom. The molecule has 112 valence electrons. The van der Waals surface area contributed by atoms with Crippen molar-refractivity contribution in [1.29, 1.82) is 0 Å². The molecule has 1 aromatic rings. The molecule has 1 rings (SSSR count). The lowest BCUT2D eigenvalue weighted by atomic mass is 9.95. The average molecular weight is 314 g/mol. The van der Waals surface area contributed by atoms with Crippen molar-refractivity contribution in [2.45, 2.75) is 38.7 Å². The van der Waals surface area contributed by atoms with Crippen LogP contribution in [0.1, 0.15) is 18.5 Å². The van der Waals surface area contributed by atoms with Crippen LogP contribution in [-0.2, 0) is 9.53 Å². The molecular formula is C15H24ClNO2Si. The van der Waals surface area contributed by atoms with Gasteiger partial charge in [0.1, 0.15) is 0 Å². The second-order valence-electron chi connectivity index (χ2n) is 6.34. The Morgan fingerprint density at radius 3 is 2.35 bits per heavy atom. The van der Waals surface area contributed by atoms with E-state index in [0.29, 0.717) is 11.6 Å². The number of carbonyl (C=O) groups excluding carboxylic acids is 1. The van der Waals surface area contributed by atoms with E-state index in [1.807, 2.05) is 12.1 Å². The lowest BCUT2D eigenvalue weighted by molar-refractivity contribution is -0.148. The topological polar surface area (TPSA) is 52.3 Å². The molecule has 0 heterocycles. The van der Waals surface area contributed by atoms with E-state index in [9.17, 15) is 4.79 Å². The minimum absolute atomic E-state index is 0.231. The van der Waals surface area contributed by atoms with Gasteiger partial charge in [-0.1, -0.05) is 50.3 Å². The van der Waals surface area contributed by atoms with Gasteiger partial charge in [0, 0.05) is 19.1 Å². The van der Waals surface area contributed by atoms with Crippen LogP contribution in [0.3, 0.4) is 0 Å². The first-order valence-corrected chi connectivity index (χ1v) is 11.0. The van der Waals surface area contributed by atoms with Gasteiger partial charge >= 0.3 is 5.97 Å². The van der Waals surface area contributed by atoms with Crippen molar-refractivity contribution in [3.63, 3.8) is 0 Å². The molecular weight excluding hydrogens is 290 g/mol. The first-order valence-electron chi connectivity index (χ1n) is 6.88. The molecule has 1 aromatic carbocycles. The van der Waals surface area contributed by atoms with Crippen molar-refractivity contribution in [2.75, 3.05) is 6.61 Å². The monoisotopic (exact) mass is 313 g/mol. The minimum atomic E-state index is -1.18. The van der Waals surface area contributed by atoms with Crippen LogP contribution in [0.2, 0.25) is 30.7 Å². The molecule has 2 N–H and O–H groups in total. The Labute approximate surface area is 127 Å². The zero-order chi connectivity index (χ0) is 15.3. The van der Waals surface area contributed by atoms with Gasteiger partial charge in [-0.25, -0.2) is 0 Å². The van der Waals surface area contributed by atoms with Gasteiger partial charge in [0.25, 0.3) is 0 Å². The van der Waals surface area contributed by atoms with Gasteiger partial charge in [0.05, 0.1) is 12.5 Å². The van der Waals surface area contributed by atoms with Gasteiger partial charge < -0.3 is 10.5 Å². The fourth-order valence-corrected chi connectivity index (χ4v) is 2.55. The molecule has 0 radical (unpaired) electrons. The molecule has 0 amide bonds. The van der Waals surface area contributed by atoms with Crippen molar-refractivity contribution >= 4 is 25.6 Å². The third kappa shape index (κ3) is 5.65. The van der Waals surface area contributed by atoms with E-state index in [4.69, 9.17) is 22.1 Å². The summed E-state index contributed by atoms with van der Waals surface area (Å²) in [5.41, 5.74) is 7.00. The highest BCUT2D eigenvalue weighted by Crippen LogP contribution is 2.22. The average Bonchev–Trinajstić information content (AvgIpc) is 2.36. The van der Waals surface area contributed by atoms with Crippen LogP contribution in [0.4, 0.5) is 0 Å². The minimum Gasteiger partial charge on any atom is -0.466 e. The Balaban J connectivity index is 2.53.